The zero-order valence-corrected chi connectivity index (χ0v) is 8.89. The van der Waals surface area contributed by atoms with Crippen LogP contribution in [-0.4, -0.2) is 29.3 Å². The maximum Gasteiger partial charge on any atom is 0.170 e. The molecular formula is C11H15N3O. The van der Waals surface area contributed by atoms with Gasteiger partial charge < -0.3 is 4.90 Å². The lowest BCUT2D eigenvalue weighted by atomic mass is 9.99. The lowest BCUT2D eigenvalue weighted by Crippen LogP contribution is -2.33. The fourth-order valence-corrected chi connectivity index (χ4v) is 1.79. The minimum absolute atomic E-state index is 0.393. The van der Waals surface area contributed by atoms with Gasteiger partial charge in [-0.2, -0.15) is 0 Å². The van der Waals surface area contributed by atoms with Crippen molar-refractivity contribution in [3.05, 3.63) is 18.1 Å². The molecule has 1 aromatic heterocycles. The molecule has 15 heavy (non-hydrogen) atoms. The Hall–Kier alpha value is -1.45. The van der Waals surface area contributed by atoms with Gasteiger partial charge in [-0.15, -0.1) is 0 Å². The molecule has 0 radical (unpaired) electrons. The van der Waals surface area contributed by atoms with Gasteiger partial charge in [-0.25, -0.2) is 9.97 Å². The molecule has 2 heterocycles. The average Bonchev–Trinajstić information content (AvgIpc) is 2.30. The molecule has 1 aliphatic heterocycles. The molecule has 1 fully saturated rings. The van der Waals surface area contributed by atoms with E-state index < -0.39 is 0 Å². The first-order chi connectivity index (χ1) is 7.29. The van der Waals surface area contributed by atoms with Crippen LogP contribution in [0.1, 0.15) is 30.3 Å². The molecule has 0 spiro atoms. The molecular weight excluding hydrogens is 190 g/mol. The highest BCUT2D eigenvalue weighted by Crippen LogP contribution is 2.20. The van der Waals surface area contributed by atoms with Gasteiger partial charge in [0.1, 0.15) is 11.5 Å². The van der Waals surface area contributed by atoms with Crippen LogP contribution in [0.4, 0.5) is 5.82 Å². The summed E-state index contributed by atoms with van der Waals surface area (Å²) in [4.78, 5) is 20.9. The van der Waals surface area contributed by atoms with Crippen LogP contribution in [0.5, 0.6) is 0 Å². The highest BCUT2D eigenvalue weighted by atomic mass is 16.1. The predicted octanol–water partition coefficient (Wildman–Crippen LogP) is 1.53. The lowest BCUT2D eigenvalue weighted by molar-refractivity contribution is 0.111. The number of nitrogens with zero attached hydrogens (tertiary/aromatic N) is 3. The van der Waals surface area contributed by atoms with E-state index in [-0.39, 0.29) is 0 Å². The van der Waals surface area contributed by atoms with Crippen molar-refractivity contribution in [2.24, 2.45) is 5.92 Å². The van der Waals surface area contributed by atoms with Gasteiger partial charge in [0.25, 0.3) is 0 Å². The smallest absolute Gasteiger partial charge is 0.170 e. The number of piperidine rings is 1. The summed E-state index contributed by atoms with van der Waals surface area (Å²) in [7, 11) is 0. The molecule has 0 N–H and O–H groups in total. The summed E-state index contributed by atoms with van der Waals surface area (Å²) >= 11 is 0. The van der Waals surface area contributed by atoms with Gasteiger partial charge >= 0.3 is 0 Å². The summed E-state index contributed by atoms with van der Waals surface area (Å²) in [6, 6.07) is 0. The van der Waals surface area contributed by atoms with Crippen LogP contribution in [0, 0.1) is 5.92 Å². The Labute approximate surface area is 89.3 Å². The largest absolute Gasteiger partial charge is 0.355 e. The summed E-state index contributed by atoms with van der Waals surface area (Å²) in [5.41, 5.74) is 0.393. The Morgan fingerprint density at radius 1 is 1.33 bits per heavy atom. The van der Waals surface area contributed by atoms with Gasteiger partial charge in [0.15, 0.2) is 6.29 Å². The maximum absolute atomic E-state index is 10.4. The number of aldehydes is 1. The lowest BCUT2D eigenvalue weighted by Gasteiger charge is -2.30. The van der Waals surface area contributed by atoms with Crippen molar-refractivity contribution in [3.8, 4) is 0 Å². The first kappa shape index (κ1) is 10.1. The fraction of sp³-hybridized carbons (Fsp3) is 0.545. The summed E-state index contributed by atoms with van der Waals surface area (Å²) in [5.74, 6) is 1.69. The zero-order valence-electron chi connectivity index (χ0n) is 8.89. The third kappa shape index (κ3) is 2.32. The molecule has 2 rings (SSSR count). The van der Waals surface area contributed by atoms with Gasteiger partial charge in [-0.1, -0.05) is 6.92 Å². The van der Waals surface area contributed by atoms with E-state index in [1.807, 2.05) is 0 Å². The first-order valence-corrected chi connectivity index (χ1v) is 5.32. The standard InChI is InChI=1S/C11H15N3O/c1-9-2-4-14(5-3-9)11-7-12-10(8-15)6-13-11/h6-9H,2-5H2,1H3. The van der Waals surface area contributed by atoms with E-state index in [1.165, 1.54) is 19.0 Å². The van der Waals surface area contributed by atoms with Crippen LogP contribution in [0.3, 0.4) is 0 Å². The molecule has 0 bridgehead atoms. The number of hydrogen-bond donors (Lipinski definition) is 0. The van der Waals surface area contributed by atoms with E-state index in [0.717, 1.165) is 31.1 Å². The van der Waals surface area contributed by atoms with E-state index in [9.17, 15) is 4.79 Å². The number of carbonyl (C=O) groups is 1. The molecule has 0 unspecified atom stereocenters. The average molecular weight is 205 g/mol. The maximum atomic E-state index is 10.4. The van der Waals surface area contributed by atoms with Crippen molar-refractivity contribution >= 4 is 12.1 Å². The minimum Gasteiger partial charge on any atom is -0.355 e. The quantitative estimate of drug-likeness (QED) is 0.687. The van der Waals surface area contributed by atoms with E-state index in [1.54, 1.807) is 6.20 Å². The van der Waals surface area contributed by atoms with Crippen LogP contribution >= 0.6 is 0 Å². The molecule has 4 nitrogen and oxygen atoms in total. The number of aromatic nitrogens is 2. The third-order valence-corrected chi connectivity index (χ3v) is 2.89. The van der Waals surface area contributed by atoms with E-state index in [0.29, 0.717) is 5.69 Å². The molecule has 0 saturated carbocycles. The topological polar surface area (TPSA) is 46.1 Å². The van der Waals surface area contributed by atoms with Gasteiger partial charge in [0.05, 0.1) is 12.4 Å². The summed E-state index contributed by atoms with van der Waals surface area (Å²) in [5, 5.41) is 0. The summed E-state index contributed by atoms with van der Waals surface area (Å²) in [6.45, 7) is 4.35. The molecule has 0 amide bonds. The van der Waals surface area contributed by atoms with Crippen LogP contribution in [-0.2, 0) is 0 Å². The number of hydrogen-bond acceptors (Lipinski definition) is 4. The second kappa shape index (κ2) is 4.38. The van der Waals surface area contributed by atoms with Crippen LogP contribution in [0.15, 0.2) is 12.4 Å². The Kier molecular flexibility index (Phi) is 2.94. The van der Waals surface area contributed by atoms with Crippen molar-refractivity contribution in [1.29, 1.82) is 0 Å². The van der Waals surface area contributed by atoms with E-state index in [2.05, 4.69) is 21.8 Å². The second-order valence-electron chi connectivity index (χ2n) is 4.09. The SMILES string of the molecule is CC1CCN(c2cnc(C=O)cn2)CC1. The van der Waals surface area contributed by atoms with Crippen molar-refractivity contribution in [1.82, 2.24) is 9.97 Å². The van der Waals surface area contributed by atoms with Gasteiger partial charge in [-0.3, -0.25) is 4.79 Å². The Bertz CT molecular complexity index is 328. The highest BCUT2D eigenvalue weighted by Gasteiger charge is 2.16. The van der Waals surface area contributed by atoms with Crippen molar-refractivity contribution < 1.29 is 4.79 Å². The van der Waals surface area contributed by atoms with Crippen LogP contribution in [0.25, 0.3) is 0 Å². The fourth-order valence-electron chi connectivity index (χ4n) is 1.79. The Morgan fingerprint density at radius 2 is 2.07 bits per heavy atom. The van der Waals surface area contributed by atoms with Crippen molar-refractivity contribution in [2.75, 3.05) is 18.0 Å². The van der Waals surface area contributed by atoms with Crippen molar-refractivity contribution in [2.45, 2.75) is 19.8 Å². The van der Waals surface area contributed by atoms with Gasteiger partial charge in [0.2, 0.25) is 0 Å². The zero-order chi connectivity index (χ0) is 10.7. The number of rotatable bonds is 2. The third-order valence-electron chi connectivity index (χ3n) is 2.89. The predicted molar refractivity (Wildman–Crippen MR) is 58.0 cm³/mol. The van der Waals surface area contributed by atoms with E-state index in [4.69, 9.17) is 0 Å². The Balaban J connectivity index is 2.06. The van der Waals surface area contributed by atoms with Crippen LogP contribution < -0.4 is 4.90 Å². The molecule has 1 aromatic rings. The van der Waals surface area contributed by atoms with Gasteiger partial charge in [0, 0.05) is 13.1 Å². The molecule has 0 aliphatic carbocycles. The monoisotopic (exact) mass is 205 g/mol. The van der Waals surface area contributed by atoms with Gasteiger partial charge in [-0.05, 0) is 18.8 Å². The molecule has 1 saturated heterocycles. The highest BCUT2D eigenvalue weighted by molar-refractivity contribution is 5.71. The molecule has 80 valence electrons. The van der Waals surface area contributed by atoms with Crippen molar-refractivity contribution in [3.63, 3.8) is 0 Å². The molecule has 1 aliphatic rings. The molecule has 0 atom stereocenters. The minimum atomic E-state index is 0.393. The normalized spacial score (nSPS) is 17.8. The summed E-state index contributed by atoms with van der Waals surface area (Å²) in [6.07, 6.45) is 6.34. The second-order valence-corrected chi connectivity index (χ2v) is 4.09. The van der Waals surface area contributed by atoms with E-state index >= 15 is 0 Å². The molecule has 0 aromatic carbocycles. The molecule has 4 heteroatoms. The number of anilines is 1. The number of carbonyl (C=O) groups excluding carboxylic acids is 1. The first-order valence-electron chi connectivity index (χ1n) is 5.32. The summed E-state index contributed by atoms with van der Waals surface area (Å²) < 4.78 is 0. The van der Waals surface area contributed by atoms with Crippen LogP contribution in [0.2, 0.25) is 0 Å². The Morgan fingerprint density at radius 3 is 2.60 bits per heavy atom.